The monoisotopic (exact) mass is 225 g/mol. The van der Waals surface area contributed by atoms with Crippen LogP contribution in [0.5, 0.6) is 0 Å². The van der Waals surface area contributed by atoms with E-state index in [1.165, 1.54) is 38.6 Å². The average Bonchev–Trinajstić information content (AvgIpc) is 2.49. The number of carbonyl (C=O) groups is 1. The molecule has 0 aromatic heterocycles. The summed E-state index contributed by atoms with van der Waals surface area (Å²) in [7, 11) is 0. The zero-order valence-electron chi connectivity index (χ0n) is 8.23. The molecule has 2 fully saturated rings. The largest absolute Gasteiger partial charge is 0.490 e. The van der Waals surface area contributed by atoms with Gasteiger partial charge in [-0.05, 0) is 25.8 Å². The summed E-state index contributed by atoms with van der Waals surface area (Å²) in [4.78, 5) is 8.90. The minimum absolute atomic E-state index is 0.667. The molecule has 1 spiro atoms. The van der Waals surface area contributed by atoms with E-state index in [2.05, 4.69) is 5.32 Å². The predicted molar refractivity (Wildman–Crippen MR) is 47.5 cm³/mol. The van der Waals surface area contributed by atoms with Crippen molar-refractivity contribution in [2.75, 3.05) is 6.54 Å². The molecule has 1 heterocycles. The Kier molecular flexibility index (Phi) is 3.59. The molecule has 2 aliphatic rings. The molecule has 1 saturated carbocycles. The molecule has 0 atom stereocenters. The van der Waals surface area contributed by atoms with Crippen LogP contribution in [-0.4, -0.2) is 29.3 Å². The summed E-state index contributed by atoms with van der Waals surface area (Å²) in [5, 5.41) is 10.6. The number of halogens is 3. The third kappa shape index (κ3) is 3.37. The lowest BCUT2D eigenvalue weighted by molar-refractivity contribution is -0.192. The Morgan fingerprint density at radius 3 is 1.73 bits per heavy atom. The Morgan fingerprint density at radius 2 is 1.60 bits per heavy atom. The van der Waals surface area contributed by atoms with E-state index in [0.717, 1.165) is 0 Å². The van der Waals surface area contributed by atoms with Crippen LogP contribution < -0.4 is 5.32 Å². The van der Waals surface area contributed by atoms with Gasteiger partial charge >= 0.3 is 12.1 Å². The van der Waals surface area contributed by atoms with Crippen LogP contribution in [0.3, 0.4) is 0 Å². The second-order valence-corrected chi connectivity index (χ2v) is 3.97. The van der Waals surface area contributed by atoms with Gasteiger partial charge in [0.15, 0.2) is 0 Å². The third-order valence-corrected chi connectivity index (χ3v) is 2.91. The van der Waals surface area contributed by atoms with Gasteiger partial charge in [0.25, 0.3) is 0 Å². The SMILES string of the molecule is C1CCC2(C1)CCN2.O=C(O)C(F)(F)F. The molecule has 0 radical (unpaired) electrons. The summed E-state index contributed by atoms with van der Waals surface area (Å²) in [5.74, 6) is -2.76. The summed E-state index contributed by atoms with van der Waals surface area (Å²) in [6, 6.07) is 0. The van der Waals surface area contributed by atoms with Crippen LogP contribution in [0, 0.1) is 0 Å². The van der Waals surface area contributed by atoms with Crippen LogP contribution in [-0.2, 0) is 4.79 Å². The van der Waals surface area contributed by atoms with Gasteiger partial charge in [0.2, 0.25) is 0 Å². The lowest BCUT2D eigenvalue weighted by Crippen LogP contribution is -2.54. The number of hydrogen-bond donors (Lipinski definition) is 2. The van der Waals surface area contributed by atoms with Gasteiger partial charge in [-0.2, -0.15) is 13.2 Å². The number of rotatable bonds is 0. The zero-order valence-corrected chi connectivity index (χ0v) is 8.23. The first-order chi connectivity index (χ1) is 6.86. The molecule has 1 saturated heterocycles. The molecule has 88 valence electrons. The fraction of sp³-hybridized carbons (Fsp3) is 0.889. The number of carboxylic acids is 1. The minimum Gasteiger partial charge on any atom is -0.475 e. The first kappa shape index (κ1) is 12.3. The number of alkyl halides is 3. The minimum atomic E-state index is -5.08. The van der Waals surface area contributed by atoms with Crippen LogP contribution in [0.25, 0.3) is 0 Å². The van der Waals surface area contributed by atoms with Gasteiger partial charge in [0, 0.05) is 5.54 Å². The predicted octanol–water partition coefficient (Wildman–Crippen LogP) is 1.93. The van der Waals surface area contributed by atoms with Gasteiger partial charge in [-0.3, -0.25) is 0 Å². The van der Waals surface area contributed by atoms with Crippen molar-refractivity contribution in [1.82, 2.24) is 5.32 Å². The lowest BCUT2D eigenvalue weighted by Gasteiger charge is -2.39. The molecule has 0 amide bonds. The first-order valence-corrected chi connectivity index (χ1v) is 4.91. The Balaban J connectivity index is 0.000000153. The van der Waals surface area contributed by atoms with Crippen LogP contribution >= 0.6 is 0 Å². The van der Waals surface area contributed by atoms with E-state index in [0.29, 0.717) is 5.54 Å². The maximum Gasteiger partial charge on any atom is 0.490 e. The normalized spacial score (nSPS) is 22.9. The van der Waals surface area contributed by atoms with Crippen LogP contribution in [0.15, 0.2) is 0 Å². The fourth-order valence-electron chi connectivity index (χ4n) is 1.96. The Labute approximate surface area is 85.7 Å². The number of nitrogens with one attached hydrogen (secondary N) is 1. The van der Waals surface area contributed by atoms with Crippen molar-refractivity contribution in [3.63, 3.8) is 0 Å². The first-order valence-electron chi connectivity index (χ1n) is 4.91. The molecular formula is C9H14F3NO2. The topological polar surface area (TPSA) is 49.3 Å². The molecule has 0 aromatic rings. The summed E-state index contributed by atoms with van der Waals surface area (Å²) in [6.07, 6.45) is 2.20. The van der Waals surface area contributed by atoms with Crippen LogP contribution in [0.2, 0.25) is 0 Å². The molecule has 3 nitrogen and oxygen atoms in total. The standard InChI is InChI=1S/C7H13N.C2HF3O2/c1-2-4-7(3-1)5-6-8-7;3-2(4,5)1(6)7/h8H,1-6H2;(H,6,7). The van der Waals surface area contributed by atoms with Gasteiger partial charge in [0.1, 0.15) is 0 Å². The van der Waals surface area contributed by atoms with Crippen molar-refractivity contribution in [3.05, 3.63) is 0 Å². The molecule has 2 N–H and O–H groups in total. The summed E-state index contributed by atoms with van der Waals surface area (Å²) >= 11 is 0. The molecule has 15 heavy (non-hydrogen) atoms. The summed E-state index contributed by atoms with van der Waals surface area (Å²) in [5.41, 5.74) is 0.667. The molecule has 0 aromatic carbocycles. The van der Waals surface area contributed by atoms with E-state index in [4.69, 9.17) is 9.90 Å². The number of hydrogen-bond acceptors (Lipinski definition) is 2. The molecule has 6 heteroatoms. The maximum atomic E-state index is 10.6. The molecular weight excluding hydrogens is 211 g/mol. The molecule has 1 aliphatic carbocycles. The molecule has 1 aliphatic heterocycles. The van der Waals surface area contributed by atoms with Crippen molar-refractivity contribution in [1.29, 1.82) is 0 Å². The van der Waals surface area contributed by atoms with E-state index in [-0.39, 0.29) is 0 Å². The maximum absolute atomic E-state index is 10.6. The van der Waals surface area contributed by atoms with Gasteiger partial charge < -0.3 is 10.4 Å². The summed E-state index contributed by atoms with van der Waals surface area (Å²) < 4.78 is 31.7. The van der Waals surface area contributed by atoms with Gasteiger partial charge in [-0.1, -0.05) is 12.8 Å². The van der Waals surface area contributed by atoms with Gasteiger partial charge in [0.05, 0.1) is 0 Å². The van der Waals surface area contributed by atoms with E-state index < -0.39 is 12.1 Å². The highest BCUT2D eigenvalue weighted by Crippen LogP contribution is 2.36. The van der Waals surface area contributed by atoms with Crippen molar-refractivity contribution in [3.8, 4) is 0 Å². The highest BCUT2D eigenvalue weighted by Gasteiger charge is 2.38. The highest BCUT2D eigenvalue weighted by molar-refractivity contribution is 5.73. The fourth-order valence-corrected chi connectivity index (χ4v) is 1.96. The molecule has 0 bridgehead atoms. The van der Waals surface area contributed by atoms with E-state index >= 15 is 0 Å². The van der Waals surface area contributed by atoms with Crippen molar-refractivity contribution in [2.24, 2.45) is 0 Å². The molecule has 2 rings (SSSR count). The average molecular weight is 225 g/mol. The summed E-state index contributed by atoms with van der Waals surface area (Å²) in [6.45, 7) is 1.28. The highest BCUT2D eigenvalue weighted by atomic mass is 19.4. The third-order valence-electron chi connectivity index (χ3n) is 2.91. The Bertz CT molecular complexity index is 228. The smallest absolute Gasteiger partial charge is 0.475 e. The van der Waals surface area contributed by atoms with E-state index in [9.17, 15) is 13.2 Å². The van der Waals surface area contributed by atoms with Crippen molar-refractivity contribution in [2.45, 2.75) is 43.8 Å². The quantitative estimate of drug-likeness (QED) is 0.662. The number of carboxylic acid groups (broad SMARTS) is 1. The number of aliphatic carboxylic acids is 1. The molecule has 0 unspecified atom stereocenters. The van der Waals surface area contributed by atoms with Crippen molar-refractivity contribution >= 4 is 5.97 Å². The second-order valence-electron chi connectivity index (χ2n) is 3.97. The van der Waals surface area contributed by atoms with E-state index in [1.807, 2.05) is 0 Å². The zero-order chi connectivity index (χ0) is 11.5. The Morgan fingerprint density at radius 1 is 1.20 bits per heavy atom. The van der Waals surface area contributed by atoms with Gasteiger partial charge in [-0.15, -0.1) is 0 Å². The van der Waals surface area contributed by atoms with Gasteiger partial charge in [-0.25, -0.2) is 4.79 Å². The van der Waals surface area contributed by atoms with Crippen LogP contribution in [0.1, 0.15) is 32.1 Å². The van der Waals surface area contributed by atoms with Crippen LogP contribution in [0.4, 0.5) is 13.2 Å². The Hall–Kier alpha value is -0.780. The van der Waals surface area contributed by atoms with Crippen molar-refractivity contribution < 1.29 is 23.1 Å². The lowest BCUT2D eigenvalue weighted by atomic mass is 9.86. The van der Waals surface area contributed by atoms with E-state index in [1.54, 1.807) is 0 Å². The second kappa shape index (κ2) is 4.38.